The monoisotopic (exact) mass is 248 g/mol. The number of carbonyl (C=O) groups is 1. The average Bonchev–Trinajstić information content (AvgIpc) is 2.79. The lowest BCUT2D eigenvalue weighted by Crippen LogP contribution is -2.11. The van der Waals surface area contributed by atoms with Gasteiger partial charge < -0.3 is 5.11 Å². The van der Waals surface area contributed by atoms with Gasteiger partial charge in [0.15, 0.2) is 5.13 Å². The topological polar surface area (TPSA) is 62.2 Å². The first-order valence-corrected chi connectivity index (χ1v) is 6.04. The quantitative estimate of drug-likeness (QED) is 0.877. The largest absolute Gasteiger partial charge is 0.387 e. The van der Waals surface area contributed by atoms with E-state index in [4.69, 9.17) is 0 Å². The molecule has 17 heavy (non-hydrogen) atoms. The van der Waals surface area contributed by atoms with Crippen molar-refractivity contribution in [1.29, 1.82) is 0 Å². The van der Waals surface area contributed by atoms with E-state index >= 15 is 0 Å². The van der Waals surface area contributed by atoms with Crippen molar-refractivity contribution in [3.05, 3.63) is 47.0 Å². The van der Waals surface area contributed by atoms with Crippen LogP contribution in [-0.4, -0.2) is 16.0 Å². The molecule has 2 rings (SSSR count). The molecule has 88 valence electrons. The van der Waals surface area contributed by atoms with Crippen LogP contribution in [0.1, 0.15) is 29.1 Å². The van der Waals surface area contributed by atoms with Crippen molar-refractivity contribution in [3.8, 4) is 0 Å². The van der Waals surface area contributed by atoms with Crippen molar-refractivity contribution in [2.75, 3.05) is 5.32 Å². The first kappa shape index (κ1) is 11.8. The molecule has 0 fully saturated rings. The molecule has 1 aromatic heterocycles. The van der Waals surface area contributed by atoms with Gasteiger partial charge in [-0.3, -0.25) is 10.1 Å². The molecule has 0 bridgehead atoms. The SMILES string of the molecule is CC(O)c1csc(NC(=O)c2ccccc2)n1. The molecule has 1 atom stereocenters. The number of nitrogens with one attached hydrogen (secondary N) is 1. The van der Waals surface area contributed by atoms with Gasteiger partial charge in [-0.15, -0.1) is 11.3 Å². The van der Waals surface area contributed by atoms with Crippen molar-refractivity contribution >= 4 is 22.4 Å². The fourth-order valence-electron chi connectivity index (χ4n) is 1.29. The fraction of sp³-hybridized carbons (Fsp3) is 0.167. The van der Waals surface area contributed by atoms with Gasteiger partial charge in [-0.05, 0) is 19.1 Å². The van der Waals surface area contributed by atoms with Crippen LogP contribution in [0.15, 0.2) is 35.7 Å². The third-order valence-electron chi connectivity index (χ3n) is 2.21. The number of amides is 1. The fourth-order valence-corrected chi connectivity index (χ4v) is 2.09. The van der Waals surface area contributed by atoms with Gasteiger partial charge in [-0.2, -0.15) is 0 Å². The summed E-state index contributed by atoms with van der Waals surface area (Å²) in [4.78, 5) is 15.9. The zero-order valence-corrected chi connectivity index (χ0v) is 10.1. The summed E-state index contributed by atoms with van der Waals surface area (Å²) in [6.45, 7) is 1.64. The molecule has 2 N–H and O–H groups in total. The van der Waals surface area contributed by atoms with Gasteiger partial charge in [0.25, 0.3) is 5.91 Å². The number of thiazole rings is 1. The van der Waals surface area contributed by atoms with E-state index in [1.165, 1.54) is 11.3 Å². The van der Waals surface area contributed by atoms with E-state index in [1.807, 2.05) is 6.07 Å². The average molecular weight is 248 g/mol. The maximum Gasteiger partial charge on any atom is 0.257 e. The number of hydrogen-bond acceptors (Lipinski definition) is 4. The van der Waals surface area contributed by atoms with Gasteiger partial charge in [0.05, 0.1) is 11.8 Å². The molecule has 1 amide bonds. The Morgan fingerprint density at radius 2 is 2.12 bits per heavy atom. The molecule has 1 unspecified atom stereocenters. The summed E-state index contributed by atoms with van der Waals surface area (Å²) >= 11 is 1.30. The minimum Gasteiger partial charge on any atom is -0.387 e. The maximum absolute atomic E-state index is 11.8. The minimum atomic E-state index is -0.617. The van der Waals surface area contributed by atoms with Gasteiger partial charge in [0, 0.05) is 10.9 Å². The van der Waals surface area contributed by atoms with Crippen LogP contribution in [0.2, 0.25) is 0 Å². The molecular weight excluding hydrogens is 236 g/mol. The zero-order valence-electron chi connectivity index (χ0n) is 9.25. The number of carbonyl (C=O) groups excluding carboxylic acids is 1. The van der Waals surface area contributed by atoms with E-state index in [0.717, 1.165) is 0 Å². The highest BCUT2D eigenvalue weighted by molar-refractivity contribution is 7.14. The van der Waals surface area contributed by atoms with E-state index in [2.05, 4.69) is 10.3 Å². The molecule has 0 aliphatic rings. The van der Waals surface area contributed by atoms with Crippen molar-refractivity contribution in [1.82, 2.24) is 4.98 Å². The lowest BCUT2D eigenvalue weighted by Gasteiger charge is -2.01. The van der Waals surface area contributed by atoms with Crippen molar-refractivity contribution in [3.63, 3.8) is 0 Å². The standard InChI is InChI=1S/C12H12N2O2S/c1-8(15)10-7-17-12(13-10)14-11(16)9-5-3-2-4-6-9/h2-8,15H,1H3,(H,13,14,16). The Balaban J connectivity index is 2.08. The molecular formula is C12H12N2O2S. The molecule has 1 heterocycles. The molecule has 5 heteroatoms. The number of hydrogen-bond donors (Lipinski definition) is 2. The number of aromatic nitrogens is 1. The normalized spacial score (nSPS) is 12.1. The Hall–Kier alpha value is -1.72. The first-order chi connectivity index (χ1) is 8.16. The highest BCUT2D eigenvalue weighted by atomic mass is 32.1. The maximum atomic E-state index is 11.8. The Bertz CT molecular complexity index is 508. The van der Waals surface area contributed by atoms with Crippen molar-refractivity contribution in [2.24, 2.45) is 0 Å². The van der Waals surface area contributed by atoms with Gasteiger partial charge in [0.1, 0.15) is 0 Å². The third kappa shape index (κ3) is 2.89. The van der Waals surface area contributed by atoms with E-state index < -0.39 is 6.10 Å². The van der Waals surface area contributed by atoms with Crippen LogP contribution in [0, 0.1) is 0 Å². The molecule has 0 aliphatic carbocycles. The Morgan fingerprint density at radius 1 is 1.41 bits per heavy atom. The van der Waals surface area contributed by atoms with Gasteiger partial charge in [-0.25, -0.2) is 4.98 Å². The van der Waals surface area contributed by atoms with Gasteiger partial charge in [0.2, 0.25) is 0 Å². The predicted molar refractivity (Wildman–Crippen MR) is 67.1 cm³/mol. The zero-order chi connectivity index (χ0) is 12.3. The van der Waals surface area contributed by atoms with E-state index in [-0.39, 0.29) is 5.91 Å². The van der Waals surface area contributed by atoms with Crippen LogP contribution in [0.25, 0.3) is 0 Å². The second-order valence-electron chi connectivity index (χ2n) is 3.57. The molecule has 0 saturated carbocycles. The Kier molecular flexibility index (Phi) is 3.51. The smallest absolute Gasteiger partial charge is 0.257 e. The van der Waals surface area contributed by atoms with Crippen LogP contribution >= 0.6 is 11.3 Å². The molecule has 2 aromatic rings. The lowest BCUT2D eigenvalue weighted by atomic mass is 10.2. The van der Waals surface area contributed by atoms with Crippen LogP contribution in [-0.2, 0) is 0 Å². The number of anilines is 1. The second kappa shape index (κ2) is 5.07. The number of benzene rings is 1. The summed E-state index contributed by atoms with van der Waals surface area (Å²) < 4.78 is 0. The molecule has 4 nitrogen and oxygen atoms in total. The lowest BCUT2D eigenvalue weighted by molar-refractivity contribution is 0.102. The van der Waals surface area contributed by atoms with Crippen LogP contribution in [0.3, 0.4) is 0 Å². The highest BCUT2D eigenvalue weighted by Crippen LogP contribution is 2.20. The summed E-state index contributed by atoms with van der Waals surface area (Å²) in [7, 11) is 0. The third-order valence-corrected chi connectivity index (χ3v) is 2.98. The minimum absolute atomic E-state index is 0.197. The number of aliphatic hydroxyl groups excluding tert-OH is 1. The van der Waals surface area contributed by atoms with Crippen molar-refractivity contribution < 1.29 is 9.90 Å². The van der Waals surface area contributed by atoms with Crippen LogP contribution < -0.4 is 5.32 Å². The second-order valence-corrected chi connectivity index (χ2v) is 4.43. The molecule has 0 radical (unpaired) electrons. The summed E-state index contributed by atoms with van der Waals surface area (Å²) in [5.41, 5.74) is 1.15. The van der Waals surface area contributed by atoms with Crippen molar-refractivity contribution in [2.45, 2.75) is 13.0 Å². The molecule has 0 saturated heterocycles. The van der Waals surface area contributed by atoms with Gasteiger partial charge >= 0.3 is 0 Å². The first-order valence-electron chi connectivity index (χ1n) is 5.16. The van der Waals surface area contributed by atoms with E-state index in [1.54, 1.807) is 36.6 Å². The van der Waals surface area contributed by atoms with Gasteiger partial charge in [-0.1, -0.05) is 18.2 Å². The highest BCUT2D eigenvalue weighted by Gasteiger charge is 2.10. The number of rotatable bonds is 3. The van der Waals surface area contributed by atoms with E-state index in [0.29, 0.717) is 16.4 Å². The molecule has 1 aromatic carbocycles. The van der Waals surface area contributed by atoms with Crippen LogP contribution in [0.4, 0.5) is 5.13 Å². The summed E-state index contributed by atoms with van der Waals surface area (Å²) in [6.07, 6.45) is -0.617. The number of nitrogens with zero attached hydrogens (tertiary/aromatic N) is 1. The molecule has 0 aliphatic heterocycles. The number of aliphatic hydroxyl groups is 1. The predicted octanol–water partition coefficient (Wildman–Crippen LogP) is 2.45. The summed E-state index contributed by atoms with van der Waals surface area (Å²) in [6, 6.07) is 8.93. The summed E-state index contributed by atoms with van der Waals surface area (Å²) in [5, 5.41) is 14.2. The van der Waals surface area contributed by atoms with Crippen LogP contribution in [0.5, 0.6) is 0 Å². The summed E-state index contributed by atoms with van der Waals surface area (Å²) in [5.74, 6) is -0.197. The van der Waals surface area contributed by atoms with E-state index in [9.17, 15) is 9.90 Å². The molecule has 0 spiro atoms. The Morgan fingerprint density at radius 3 is 2.71 bits per heavy atom. The Labute approximate surface area is 103 Å².